The topological polar surface area (TPSA) is 123 Å². The number of nitrogens with two attached hydrogens (primary N) is 1. The van der Waals surface area contributed by atoms with E-state index in [0.29, 0.717) is 11.4 Å². The monoisotopic (exact) mass is 383 g/mol. The van der Waals surface area contributed by atoms with Gasteiger partial charge in [0.05, 0.1) is 6.20 Å². The van der Waals surface area contributed by atoms with Crippen molar-refractivity contribution in [2.75, 3.05) is 5.73 Å². The van der Waals surface area contributed by atoms with Crippen LogP contribution in [0.15, 0.2) is 59.4 Å². The fourth-order valence-electron chi connectivity index (χ4n) is 2.48. The number of hydrogen-bond donors (Lipinski definition) is 3. The molecule has 0 unspecified atom stereocenters. The number of carbonyl (C=O) groups is 2. The summed E-state index contributed by atoms with van der Waals surface area (Å²) >= 11 is 0. The second kappa shape index (κ2) is 8.76. The van der Waals surface area contributed by atoms with Gasteiger partial charge in [0.2, 0.25) is 11.7 Å². The van der Waals surface area contributed by atoms with Crippen molar-refractivity contribution in [3.05, 3.63) is 77.6 Å². The Bertz CT molecular complexity index is 927. The first-order valence-corrected chi connectivity index (χ1v) is 8.45. The van der Waals surface area contributed by atoms with E-state index in [9.17, 15) is 14.0 Å². The van der Waals surface area contributed by atoms with Crippen LogP contribution < -0.4 is 16.4 Å². The average Bonchev–Trinajstić information content (AvgIpc) is 3.23. The maximum Gasteiger partial charge on any atom is 0.290 e. The van der Waals surface area contributed by atoms with Crippen LogP contribution in [0.25, 0.3) is 0 Å². The summed E-state index contributed by atoms with van der Waals surface area (Å²) in [4.78, 5) is 28.9. The second-order valence-corrected chi connectivity index (χ2v) is 6.04. The molecular formula is C19H18FN5O3. The van der Waals surface area contributed by atoms with Gasteiger partial charge in [0, 0.05) is 25.2 Å². The maximum absolute atomic E-state index is 13.1. The lowest BCUT2D eigenvalue weighted by molar-refractivity contribution is -0.123. The fourth-order valence-corrected chi connectivity index (χ4v) is 2.48. The molecule has 0 aliphatic carbocycles. The Labute approximate surface area is 159 Å². The molecule has 2 amide bonds. The summed E-state index contributed by atoms with van der Waals surface area (Å²) in [6.07, 6.45) is 3.06. The number of halogens is 1. The second-order valence-electron chi connectivity index (χ2n) is 6.04. The van der Waals surface area contributed by atoms with Crippen LogP contribution in [0, 0.1) is 5.82 Å². The number of hydrogen-bond acceptors (Lipinski definition) is 6. The van der Waals surface area contributed by atoms with Crippen LogP contribution in [0.3, 0.4) is 0 Å². The number of rotatable bonds is 7. The van der Waals surface area contributed by atoms with E-state index in [4.69, 9.17) is 10.3 Å². The van der Waals surface area contributed by atoms with Gasteiger partial charge in [-0.1, -0.05) is 23.4 Å². The number of nitrogen functional groups attached to an aromatic ring is 1. The molecule has 0 spiro atoms. The van der Waals surface area contributed by atoms with E-state index in [1.54, 1.807) is 30.5 Å². The minimum atomic E-state index is -0.898. The van der Waals surface area contributed by atoms with E-state index < -0.39 is 17.9 Å². The van der Waals surface area contributed by atoms with Gasteiger partial charge in [-0.05, 0) is 29.3 Å². The quantitative estimate of drug-likeness (QED) is 0.567. The Kier molecular flexibility index (Phi) is 5.95. The first-order chi connectivity index (χ1) is 13.5. The molecule has 0 saturated heterocycles. The Hall–Kier alpha value is -3.75. The normalized spacial score (nSPS) is 11.6. The lowest BCUT2D eigenvalue weighted by atomic mass is 10.0. The van der Waals surface area contributed by atoms with Crippen molar-refractivity contribution in [2.45, 2.75) is 19.0 Å². The van der Waals surface area contributed by atoms with Crippen molar-refractivity contribution in [1.82, 2.24) is 20.8 Å². The van der Waals surface area contributed by atoms with Gasteiger partial charge in [0.1, 0.15) is 17.7 Å². The lowest BCUT2D eigenvalue weighted by Crippen LogP contribution is -2.47. The summed E-state index contributed by atoms with van der Waals surface area (Å²) in [6, 6.07) is 9.56. The predicted octanol–water partition coefficient (Wildman–Crippen LogP) is 1.45. The molecule has 0 saturated carbocycles. The fraction of sp³-hybridized carbons (Fsp3) is 0.158. The van der Waals surface area contributed by atoms with E-state index in [1.807, 2.05) is 0 Å². The van der Waals surface area contributed by atoms with Crippen molar-refractivity contribution in [2.24, 2.45) is 0 Å². The molecule has 0 radical (unpaired) electrons. The van der Waals surface area contributed by atoms with Gasteiger partial charge in [-0.2, -0.15) is 0 Å². The van der Waals surface area contributed by atoms with Crippen molar-refractivity contribution in [3.8, 4) is 0 Å². The molecule has 4 N–H and O–H groups in total. The number of carbonyl (C=O) groups excluding carboxylic acids is 2. The highest BCUT2D eigenvalue weighted by atomic mass is 19.1. The van der Waals surface area contributed by atoms with Gasteiger partial charge in [-0.3, -0.25) is 9.59 Å². The molecule has 2 aromatic heterocycles. The van der Waals surface area contributed by atoms with Gasteiger partial charge >= 0.3 is 0 Å². The number of benzene rings is 1. The molecule has 1 atom stereocenters. The minimum Gasteiger partial charge on any atom is -0.384 e. The first kappa shape index (κ1) is 19.0. The van der Waals surface area contributed by atoms with Gasteiger partial charge in [0.15, 0.2) is 0 Å². The van der Waals surface area contributed by atoms with E-state index in [1.165, 1.54) is 24.4 Å². The van der Waals surface area contributed by atoms with E-state index >= 15 is 0 Å². The summed E-state index contributed by atoms with van der Waals surface area (Å²) < 4.78 is 18.0. The van der Waals surface area contributed by atoms with Crippen LogP contribution in [0.4, 0.5) is 10.2 Å². The highest BCUT2D eigenvalue weighted by Gasteiger charge is 2.23. The van der Waals surface area contributed by atoms with Crippen LogP contribution in [-0.2, 0) is 17.8 Å². The van der Waals surface area contributed by atoms with Gasteiger partial charge < -0.3 is 20.9 Å². The molecule has 0 bridgehead atoms. The third kappa shape index (κ3) is 5.13. The van der Waals surface area contributed by atoms with Crippen LogP contribution in [0.2, 0.25) is 0 Å². The Morgan fingerprint density at radius 2 is 1.86 bits per heavy atom. The zero-order valence-corrected chi connectivity index (χ0v) is 14.8. The number of nitrogens with one attached hydrogen (secondary N) is 2. The van der Waals surface area contributed by atoms with Crippen molar-refractivity contribution in [3.63, 3.8) is 0 Å². The molecule has 9 heteroatoms. The average molecular weight is 383 g/mol. The lowest BCUT2D eigenvalue weighted by Gasteiger charge is -2.18. The van der Waals surface area contributed by atoms with E-state index in [2.05, 4.69) is 20.8 Å². The Balaban J connectivity index is 1.69. The molecule has 0 aliphatic heterocycles. The number of pyridine rings is 1. The largest absolute Gasteiger partial charge is 0.384 e. The summed E-state index contributed by atoms with van der Waals surface area (Å²) in [6.45, 7) is 0.213. The van der Waals surface area contributed by atoms with Crippen molar-refractivity contribution >= 4 is 17.6 Å². The number of nitrogens with zero attached hydrogens (tertiary/aromatic N) is 2. The predicted molar refractivity (Wildman–Crippen MR) is 98.4 cm³/mol. The molecule has 28 heavy (non-hydrogen) atoms. The van der Waals surface area contributed by atoms with Gasteiger partial charge in [-0.15, -0.1) is 0 Å². The molecule has 3 aromatic rings. The molecule has 1 aromatic carbocycles. The molecule has 144 valence electrons. The molecule has 2 heterocycles. The minimum absolute atomic E-state index is 0.0142. The van der Waals surface area contributed by atoms with Gasteiger partial charge in [-0.25, -0.2) is 9.37 Å². The summed E-state index contributed by atoms with van der Waals surface area (Å²) in [5.74, 6) is -1.00. The Morgan fingerprint density at radius 1 is 1.11 bits per heavy atom. The van der Waals surface area contributed by atoms with Crippen molar-refractivity contribution < 1.29 is 18.5 Å². The van der Waals surface area contributed by atoms with Crippen LogP contribution in [0.1, 0.15) is 21.7 Å². The first-order valence-electron chi connectivity index (χ1n) is 8.45. The number of anilines is 1. The summed E-state index contributed by atoms with van der Waals surface area (Å²) in [5, 5.41) is 8.84. The highest BCUT2D eigenvalue weighted by Crippen LogP contribution is 2.08. The molecule has 3 rings (SSSR count). The zero-order valence-electron chi connectivity index (χ0n) is 14.8. The van der Waals surface area contributed by atoms with Crippen molar-refractivity contribution in [1.29, 1.82) is 0 Å². The third-order valence-corrected chi connectivity index (χ3v) is 3.95. The van der Waals surface area contributed by atoms with Gasteiger partial charge in [0.25, 0.3) is 5.91 Å². The van der Waals surface area contributed by atoms with E-state index in [-0.39, 0.29) is 24.5 Å². The molecule has 0 fully saturated rings. The smallest absolute Gasteiger partial charge is 0.290 e. The number of amides is 2. The van der Waals surface area contributed by atoms with Crippen LogP contribution >= 0.6 is 0 Å². The number of aromatic nitrogens is 2. The van der Waals surface area contributed by atoms with E-state index in [0.717, 1.165) is 5.56 Å². The zero-order chi connectivity index (χ0) is 19.9. The standard InChI is InChI=1S/C19H18FN5O3/c20-14-4-1-12(2-5-14)9-15(25-19(27)16-7-8-24-28-16)18(26)23-11-13-3-6-17(21)22-10-13/h1-8,10,15H,9,11H2,(H2,21,22)(H,23,26)(H,25,27)/t15-/m0/s1. The highest BCUT2D eigenvalue weighted by molar-refractivity contribution is 5.95. The van der Waals surface area contributed by atoms with Crippen LogP contribution in [-0.4, -0.2) is 28.0 Å². The SMILES string of the molecule is Nc1ccc(CNC(=O)[C@H](Cc2ccc(F)cc2)NC(=O)c2ccno2)cn1. The molecule has 8 nitrogen and oxygen atoms in total. The summed E-state index contributed by atoms with van der Waals surface area (Å²) in [7, 11) is 0. The maximum atomic E-state index is 13.1. The Morgan fingerprint density at radius 3 is 2.50 bits per heavy atom. The third-order valence-electron chi connectivity index (χ3n) is 3.95. The molecule has 0 aliphatic rings. The molecular weight excluding hydrogens is 365 g/mol. The summed E-state index contributed by atoms with van der Waals surface area (Å²) in [5.41, 5.74) is 6.98. The van der Waals surface area contributed by atoms with Crippen LogP contribution in [0.5, 0.6) is 0 Å².